The van der Waals surface area contributed by atoms with E-state index in [1.807, 2.05) is 18.2 Å². The normalized spacial score (nSPS) is 12.6. The second kappa shape index (κ2) is 6.23. The molecule has 0 saturated heterocycles. The van der Waals surface area contributed by atoms with E-state index in [0.717, 1.165) is 22.1 Å². The summed E-state index contributed by atoms with van der Waals surface area (Å²) in [6.07, 6.45) is 1.11. The van der Waals surface area contributed by atoms with E-state index in [-0.39, 0.29) is 5.84 Å². The van der Waals surface area contributed by atoms with Crippen LogP contribution in [-0.2, 0) is 0 Å². The molecule has 0 amide bonds. The number of nitrogens with two attached hydrogens (primary N) is 1. The lowest BCUT2D eigenvalue weighted by atomic mass is 10.0. The molecule has 0 radical (unpaired) electrons. The first-order valence-corrected chi connectivity index (χ1v) is 6.99. The van der Waals surface area contributed by atoms with E-state index in [0.29, 0.717) is 12.0 Å². The highest BCUT2D eigenvalue weighted by Crippen LogP contribution is 2.29. The van der Waals surface area contributed by atoms with Crippen molar-refractivity contribution in [3.63, 3.8) is 0 Å². The number of anilines is 1. The molecule has 4 heteroatoms. The summed E-state index contributed by atoms with van der Waals surface area (Å²) in [5.74, 6) is 0.747. The Morgan fingerprint density at radius 1 is 1.39 bits per heavy atom. The summed E-state index contributed by atoms with van der Waals surface area (Å²) >= 11 is 3.47. The lowest BCUT2D eigenvalue weighted by Gasteiger charge is -2.30. The van der Waals surface area contributed by atoms with Gasteiger partial charge < -0.3 is 10.6 Å². The molecule has 100 valence electrons. The molecular weight excluding hydrogens is 290 g/mol. The summed E-state index contributed by atoms with van der Waals surface area (Å²) < 4.78 is 0.871. The summed E-state index contributed by atoms with van der Waals surface area (Å²) in [6.45, 7) is 6.64. The molecule has 0 aliphatic heterocycles. The van der Waals surface area contributed by atoms with Crippen molar-refractivity contribution in [1.29, 1.82) is 5.41 Å². The Labute approximate surface area is 118 Å². The van der Waals surface area contributed by atoms with E-state index >= 15 is 0 Å². The zero-order valence-electron chi connectivity index (χ0n) is 11.5. The molecule has 0 heterocycles. The van der Waals surface area contributed by atoms with Crippen LogP contribution in [0.2, 0.25) is 0 Å². The minimum absolute atomic E-state index is 0.0982. The molecule has 0 bridgehead atoms. The maximum atomic E-state index is 7.71. The topological polar surface area (TPSA) is 53.1 Å². The van der Waals surface area contributed by atoms with Crippen molar-refractivity contribution in [3.05, 3.63) is 28.2 Å². The first-order valence-electron chi connectivity index (χ1n) is 6.20. The van der Waals surface area contributed by atoms with E-state index in [9.17, 15) is 0 Å². The average molecular weight is 312 g/mol. The third-order valence-corrected chi connectivity index (χ3v) is 3.78. The number of hydrogen-bond donors (Lipinski definition) is 2. The summed E-state index contributed by atoms with van der Waals surface area (Å²) in [5, 5.41) is 7.71. The van der Waals surface area contributed by atoms with Crippen molar-refractivity contribution >= 4 is 27.5 Å². The highest BCUT2D eigenvalue weighted by molar-refractivity contribution is 9.10. The predicted molar refractivity (Wildman–Crippen MR) is 82.5 cm³/mol. The Balaban J connectivity index is 3.09. The molecule has 1 aromatic rings. The van der Waals surface area contributed by atoms with Gasteiger partial charge in [-0.2, -0.15) is 0 Å². The molecule has 0 aliphatic rings. The lowest BCUT2D eigenvalue weighted by molar-refractivity contribution is 0.504. The fraction of sp³-hybridized carbons (Fsp3) is 0.500. The van der Waals surface area contributed by atoms with Gasteiger partial charge in [0.15, 0.2) is 0 Å². The van der Waals surface area contributed by atoms with Gasteiger partial charge in [-0.3, -0.25) is 5.41 Å². The van der Waals surface area contributed by atoms with Gasteiger partial charge in [0, 0.05) is 23.2 Å². The Hall–Kier alpha value is -1.03. The first kappa shape index (κ1) is 15.0. The van der Waals surface area contributed by atoms with Crippen molar-refractivity contribution in [1.82, 2.24) is 0 Å². The van der Waals surface area contributed by atoms with Gasteiger partial charge in [-0.05, 0) is 47.3 Å². The van der Waals surface area contributed by atoms with Crippen LogP contribution in [0.25, 0.3) is 0 Å². The smallest absolute Gasteiger partial charge is 0.126 e. The third-order valence-electron chi connectivity index (χ3n) is 3.11. The molecule has 1 aromatic carbocycles. The molecule has 0 aromatic heterocycles. The highest BCUT2D eigenvalue weighted by Gasteiger charge is 2.17. The van der Waals surface area contributed by atoms with Gasteiger partial charge in [0.05, 0.1) is 5.56 Å². The van der Waals surface area contributed by atoms with E-state index in [1.165, 1.54) is 0 Å². The van der Waals surface area contributed by atoms with Crippen LogP contribution >= 0.6 is 15.9 Å². The number of hydrogen-bond acceptors (Lipinski definition) is 2. The SMILES string of the molecule is CC(C)CC(C)N(C)c1cccc(Br)c1C(=N)N. The first-order chi connectivity index (χ1) is 8.34. The molecule has 3 N–H and O–H groups in total. The van der Waals surface area contributed by atoms with Gasteiger partial charge in [0.1, 0.15) is 5.84 Å². The molecule has 3 nitrogen and oxygen atoms in total. The van der Waals surface area contributed by atoms with E-state index in [1.54, 1.807) is 0 Å². The zero-order chi connectivity index (χ0) is 13.9. The van der Waals surface area contributed by atoms with Crippen LogP contribution in [-0.4, -0.2) is 18.9 Å². The number of benzene rings is 1. The molecule has 0 saturated carbocycles. The largest absolute Gasteiger partial charge is 0.384 e. The molecule has 1 rings (SSSR count). The molecule has 1 unspecified atom stereocenters. The van der Waals surface area contributed by atoms with Crippen LogP contribution in [0.4, 0.5) is 5.69 Å². The summed E-state index contributed by atoms with van der Waals surface area (Å²) in [6, 6.07) is 6.32. The van der Waals surface area contributed by atoms with Crippen LogP contribution in [0.15, 0.2) is 22.7 Å². The van der Waals surface area contributed by atoms with Crippen molar-refractivity contribution < 1.29 is 0 Å². The molecule has 0 fully saturated rings. The lowest BCUT2D eigenvalue weighted by Crippen LogP contribution is -2.32. The van der Waals surface area contributed by atoms with E-state index in [2.05, 4.69) is 48.6 Å². The minimum atomic E-state index is 0.0982. The maximum Gasteiger partial charge on any atom is 0.126 e. The van der Waals surface area contributed by atoms with Crippen molar-refractivity contribution in [3.8, 4) is 0 Å². The summed E-state index contributed by atoms with van der Waals surface area (Å²) in [7, 11) is 2.06. The fourth-order valence-corrected chi connectivity index (χ4v) is 2.72. The predicted octanol–water partition coefficient (Wildman–Crippen LogP) is 3.60. The Morgan fingerprint density at radius 2 is 2.00 bits per heavy atom. The zero-order valence-corrected chi connectivity index (χ0v) is 13.1. The van der Waals surface area contributed by atoms with E-state index < -0.39 is 0 Å². The second-order valence-electron chi connectivity index (χ2n) is 5.14. The van der Waals surface area contributed by atoms with Gasteiger partial charge in [-0.1, -0.05) is 19.9 Å². The monoisotopic (exact) mass is 311 g/mol. The standard InChI is InChI=1S/C14H22BrN3/c1-9(2)8-10(3)18(4)12-7-5-6-11(15)13(12)14(16)17/h5-7,9-10H,8H2,1-4H3,(H3,16,17). The Kier molecular flexibility index (Phi) is 5.20. The van der Waals surface area contributed by atoms with Crippen LogP contribution in [0.3, 0.4) is 0 Å². The Bertz CT molecular complexity index is 429. The van der Waals surface area contributed by atoms with Gasteiger partial charge in [0.25, 0.3) is 0 Å². The second-order valence-corrected chi connectivity index (χ2v) is 5.99. The Morgan fingerprint density at radius 3 is 2.50 bits per heavy atom. The molecule has 18 heavy (non-hydrogen) atoms. The van der Waals surface area contributed by atoms with Gasteiger partial charge in [-0.15, -0.1) is 0 Å². The van der Waals surface area contributed by atoms with Crippen LogP contribution in [0.5, 0.6) is 0 Å². The van der Waals surface area contributed by atoms with Crippen molar-refractivity contribution in [2.45, 2.75) is 33.2 Å². The molecular formula is C14H22BrN3. The summed E-state index contributed by atoms with van der Waals surface area (Å²) in [4.78, 5) is 2.20. The van der Waals surface area contributed by atoms with Crippen LogP contribution in [0, 0.1) is 11.3 Å². The van der Waals surface area contributed by atoms with Crippen molar-refractivity contribution in [2.24, 2.45) is 11.7 Å². The number of amidine groups is 1. The van der Waals surface area contributed by atoms with Crippen LogP contribution in [0.1, 0.15) is 32.8 Å². The van der Waals surface area contributed by atoms with Gasteiger partial charge in [-0.25, -0.2) is 0 Å². The molecule has 0 spiro atoms. The number of nitrogens with zero attached hydrogens (tertiary/aromatic N) is 1. The molecule has 0 aliphatic carbocycles. The summed E-state index contributed by atoms with van der Waals surface area (Å²) in [5.41, 5.74) is 7.46. The van der Waals surface area contributed by atoms with Crippen LogP contribution < -0.4 is 10.6 Å². The fourth-order valence-electron chi connectivity index (χ4n) is 2.15. The van der Waals surface area contributed by atoms with Gasteiger partial charge >= 0.3 is 0 Å². The van der Waals surface area contributed by atoms with Gasteiger partial charge in [0.2, 0.25) is 0 Å². The molecule has 1 atom stereocenters. The third kappa shape index (κ3) is 3.48. The number of nitrogen functional groups attached to an aromatic ring is 1. The number of halogens is 1. The maximum absolute atomic E-state index is 7.71. The quantitative estimate of drug-likeness (QED) is 0.645. The number of rotatable bonds is 5. The van der Waals surface area contributed by atoms with E-state index in [4.69, 9.17) is 11.1 Å². The highest BCUT2D eigenvalue weighted by atomic mass is 79.9. The average Bonchev–Trinajstić information content (AvgIpc) is 2.26. The van der Waals surface area contributed by atoms with Crippen molar-refractivity contribution in [2.75, 3.05) is 11.9 Å². The minimum Gasteiger partial charge on any atom is -0.384 e. The number of nitrogens with one attached hydrogen (secondary N) is 1.